The fourth-order valence-corrected chi connectivity index (χ4v) is 3.57. The number of pyridine rings is 1. The molecule has 5 heteroatoms. The van der Waals surface area contributed by atoms with Crippen LogP contribution >= 0.6 is 0 Å². The molecule has 0 radical (unpaired) electrons. The molecule has 4 heterocycles. The van der Waals surface area contributed by atoms with Crippen LogP contribution in [0.15, 0.2) is 47.0 Å². The van der Waals surface area contributed by atoms with Crippen molar-refractivity contribution in [3.8, 4) is 0 Å². The topological polar surface area (TPSA) is 49.9 Å². The van der Waals surface area contributed by atoms with Crippen LogP contribution in [-0.2, 0) is 6.54 Å². The van der Waals surface area contributed by atoms with E-state index in [1.54, 1.807) is 0 Å². The second kappa shape index (κ2) is 6.90. The number of rotatable bonds is 4. The highest BCUT2D eigenvalue weighted by molar-refractivity contribution is 5.94. The number of aromatic nitrogens is 1. The zero-order valence-corrected chi connectivity index (χ0v) is 15.4. The smallest absolute Gasteiger partial charge is 0.253 e. The zero-order chi connectivity index (χ0) is 18.1. The maximum Gasteiger partial charge on any atom is 0.253 e. The minimum Gasteiger partial charge on any atom is -0.465 e. The van der Waals surface area contributed by atoms with Crippen LogP contribution in [0.3, 0.4) is 0 Å². The summed E-state index contributed by atoms with van der Waals surface area (Å²) in [5.74, 6) is 3.49. The van der Waals surface area contributed by atoms with E-state index in [0.717, 1.165) is 36.0 Å². The number of nitrogens with one attached hydrogen (secondary N) is 1. The molecule has 1 fully saturated rings. The first kappa shape index (κ1) is 16.8. The third-order valence-corrected chi connectivity index (χ3v) is 5.22. The van der Waals surface area contributed by atoms with Gasteiger partial charge in [0.15, 0.2) is 0 Å². The van der Waals surface area contributed by atoms with Gasteiger partial charge in [0.05, 0.1) is 12.1 Å². The summed E-state index contributed by atoms with van der Waals surface area (Å²) in [5, 5.41) is 2.93. The Kier molecular flexibility index (Phi) is 4.45. The highest BCUT2D eigenvalue weighted by Crippen LogP contribution is 2.25. The second-order valence-corrected chi connectivity index (χ2v) is 7.27. The Labute approximate surface area is 153 Å². The lowest BCUT2D eigenvalue weighted by Gasteiger charge is -2.31. The molecule has 1 saturated heterocycles. The number of carbonyl (C=O) groups is 1. The van der Waals surface area contributed by atoms with E-state index in [0.29, 0.717) is 12.1 Å². The monoisotopic (exact) mass is 351 g/mol. The number of fused-ring (bicyclic) bond motifs is 1. The van der Waals surface area contributed by atoms with Crippen molar-refractivity contribution in [2.75, 3.05) is 18.0 Å². The van der Waals surface area contributed by atoms with Crippen molar-refractivity contribution < 1.29 is 9.21 Å². The number of amides is 1. The van der Waals surface area contributed by atoms with E-state index in [1.165, 1.54) is 18.7 Å². The highest BCUT2D eigenvalue weighted by atomic mass is 16.3. The molecule has 1 amide bonds. The largest absolute Gasteiger partial charge is 0.465 e. The van der Waals surface area contributed by atoms with Crippen LogP contribution in [0.2, 0.25) is 0 Å². The molecule has 4 rings (SSSR count). The van der Waals surface area contributed by atoms with Gasteiger partial charge in [-0.2, -0.15) is 0 Å². The Hall–Kier alpha value is -2.69. The second-order valence-electron chi connectivity index (χ2n) is 7.27. The molecule has 1 aliphatic heterocycles. The minimum atomic E-state index is -0.0899. The van der Waals surface area contributed by atoms with Crippen LogP contribution in [0.5, 0.6) is 0 Å². The van der Waals surface area contributed by atoms with E-state index in [1.807, 2.05) is 37.4 Å². The number of furan rings is 1. The lowest BCUT2D eigenvalue weighted by atomic mass is 9.99. The number of piperidine rings is 1. The van der Waals surface area contributed by atoms with Gasteiger partial charge in [-0.05, 0) is 62.1 Å². The minimum absolute atomic E-state index is 0.0899. The summed E-state index contributed by atoms with van der Waals surface area (Å²) in [7, 11) is 0. The van der Waals surface area contributed by atoms with Crippen LogP contribution in [0.1, 0.15) is 41.6 Å². The van der Waals surface area contributed by atoms with Gasteiger partial charge in [-0.15, -0.1) is 0 Å². The third kappa shape index (κ3) is 3.34. The molecule has 0 aliphatic carbocycles. The van der Waals surface area contributed by atoms with Crippen molar-refractivity contribution in [1.29, 1.82) is 0 Å². The summed E-state index contributed by atoms with van der Waals surface area (Å²) >= 11 is 0. The molecule has 3 aromatic heterocycles. The molecule has 0 bridgehead atoms. The van der Waals surface area contributed by atoms with E-state index < -0.39 is 0 Å². The molecule has 1 N–H and O–H groups in total. The normalized spacial score (nSPS) is 15.5. The van der Waals surface area contributed by atoms with Gasteiger partial charge in [-0.3, -0.25) is 4.79 Å². The Morgan fingerprint density at radius 1 is 1.15 bits per heavy atom. The van der Waals surface area contributed by atoms with Gasteiger partial charge in [0.2, 0.25) is 0 Å². The summed E-state index contributed by atoms with van der Waals surface area (Å²) in [4.78, 5) is 15.0. The van der Waals surface area contributed by atoms with Gasteiger partial charge in [-0.25, -0.2) is 0 Å². The molecule has 0 unspecified atom stereocenters. The third-order valence-electron chi connectivity index (χ3n) is 5.22. The highest BCUT2D eigenvalue weighted by Gasteiger charge is 2.18. The average Bonchev–Trinajstić information content (AvgIpc) is 3.26. The van der Waals surface area contributed by atoms with E-state index in [9.17, 15) is 4.79 Å². The number of nitrogens with zero attached hydrogens (tertiary/aromatic N) is 2. The SMILES string of the molecule is Cc1ccc(CNC(=O)c2ccc3ccc(N4CCC(C)CC4)n3c2)o1. The predicted molar refractivity (Wildman–Crippen MR) is 103 cm³/mol. The number of hydrogen-bond acceptors (Lipinski definition) is 3. The van der Waals surface area contributed by atoms with Gasteiger partial charge in [0, 0.05) is 24.8 Å². The number of aryl methyl sites for hydroxylation is 1. The summed E-state index contributed by atoms with van der Waals surface area (Å²) in [6.07, 6.45) is 4.37. The molecular weight excluding hydrogens is 326 g/mol. The van der Waals surface area contributed by atoms with Gasteiger partial charge in [0.1, 0.15) is 17.3 Å². The molecule has 0 atom stereocenters. The molecule has 3 aromatic rings. The van der Waals surface area contributed by atoms with Gasteiger partial charge in [-0.1, -0.05) is 6.92 Å². The van der Waals surface area contributed by atoms with Crippen molar-refractivity contribution in [3.63, 3.8) is 0 Å². The Bertz CT molecular complexity index is 916. The molecule has 0 spiro atoms. The van der Waals surface area contributed by atoms with Crippen LogP contribution in [-0.4, -0.2) is 23.4 Å². The van der Waals surface area contributed by atoms with Crippen LogP contribution < -0.4 is 10.2 Å². The summed E-state index contributed by atoms with van der Waals surface area (Å²) in [6.45, 7) is 6.75. The first-order valence-electron chi connectivity index (χ1n) is 9.30. The molecule has 136 valence electrons. The van der Waals surface area contributed by atoms with E-state index in [-0.39, 0.29) is 5.91 Å². The molecule has 0 saturated carbocycles. The summed E-state index contributed by atoms with van der Waals surface area (Å²) in [5.41, 5.74) is 1.76. The molecular formula is C21H25N3O2. The van der Waals surface area contributed by atoms with Crippen molar-refractivity contribution in [2.24, 2.45) is 5.92 Å². The first-order chi connectivity index (χ1) is 12.6. The quantitative estimate of drug-likeness (QED) is 0.773. The predicted octanol–water partition coefficient (Wildman–Crippen LogP) is 4.01. The molecule has 0 aromatic carbocycles. The Morgan fingerprint density at radius 3 is 2.65 bits per heavy atom. The molecule has 5 nitrogen and oxygen atoms in total. The average molecular weight is 351 g/mol. The molecule has 1 aliphatic rings. The standard InChI is InChI=1S/C21H25N3O2/c1-15-9-11-23(12-10-15)20-8-6-18-5-4-17(14-24(18)20)21(25)22-13-19-7-3-16(2)26-19/h3-8,14-15H,9-13H2,1-2H3,(H,22,25). The number of anilines is 1. The maximum atomic E-state index is 12.5. The molecule has 26 heavy (non-hydrogen) atoms. The van der Waals surface area contributed by atoms with Gasteiger partial charge < -0.3 is 19.0 Å². The van der Waals surface area contributed by atoms with E-state index >= 15 is 0 Å². The van der Waals surface area contributed by atoms with Crippen LogP contribution in [0, 0.1) is 12.8 Å². The summed E-state index contributed by atoms with van der Waals surface area (Å²) in [6, 6.07) is 11.9. The number of hydrogen-bond donors (Lipinski definition) is 1. The van der Waals surface area contributed by atoms with E-state index in [4.69, 9.17) is 4.42 Å². The Morgan fingerprint density at radius 2 is 1.92 bits per heavy atom. The Balaban J connectivity index is 1.52. The zero-order valence-electron chi connectivity index (χ0n) is 15.4. The maximum absolute atomic E-state index is 12.5. The van der Waals surface area contributed by atoms with Gasteiger partial charge >= 0.3 is 0 Å². The van der Waals surface area contributed by atoms with Crippen molar-refractivity contribution >= 4 is 17.2 Å². The fraction of sp³-hybridized carbons (Fsp3) is 0.381. The first-order valence-corrected chi connectivity index (χ1v) is 9.30. The van der Waals surface area contributed by atoms with Crippen molar-refractivity contribution in [2.45, 2.75) is 33.2 Å². The lowest BCUT2D eigenvalue weighted by Crippen LogP contribution is -2.33. The van der Waals surface area contributed by atoms with Crippen molar-refractivity contribution in [3.05, 3.63) is 59.7 Å². The van der Waals surface area contributed by atoms with Crippen molar-refractivity contribution in [1.82, 2.24) is 9.72 Å². The number of carbonyl (C=O) groups excluding carboxylic acids is 1. The fourth-order valence-electron chi connectivity index (χ4n) is 3.57. The van der Waals surface area contributed by atoms with Gasteiger partial charge in [0.25, 0.3) is 5.91 Å². The summed E-state index contributed by atoms with van der Waals surface area (Å²) < 4.78 is 7.64. The lowest BCUT2D eigenvalue weighted by molar-refractivity contribution is 0.0947. The van der Waals surface area contributed by atoms with E-state index in [2.05, 4.69) is 33.7 Å². The van der Waals surface area contributed by atoms with Crippen LogP contribution in [0.25, 0.3) is 5.52 Å². The van der Waals surface area contributed by atoms with Crippen LogP contribution in [0.4, 0.5) is 5.82 Å².